The highest BCUT2D eigenvalue weighted by atomic mass is 16.2. The van der Waals surface area contributed by atoms with Crippen LogP contribution in [0.3, 0.4) is 0 Å². The zero-order valence-electron chi connectivity index (χ0n) is 16.9. The molecule has 0 unspecified atom stereocenters. The molecule has 0 bridgehead atoms. The highest BCUT2D eigenvalue weighted by molar-refractivity contribution is 6.04. The summed E-state index contributed by atoms with van der Waals surface area (Å²) in [6, 6.07) is 15.3. The summed E-state index contributed by atoms with van der Waals surface area (Å²) in [6.45, 7) is 7.02. The number of aryl methyl sites for hydroxylation is 4. The van der Waals surface area contributed by atoms with E-state index in [2.05, 4.69) is 10.4 Å². The second-order valence-electron chi connectivity index (χ2n) is 7.57. The number of amides is 2. The molecule has 29 heavy (non-hydrogen) atoms. The van der Waals surface area contributed by atoms with Crippen LogP contribution in [-0.2, 0) is 17.9 Å². The molecule has 0 spiro atoms. The van der Waals surface area contributed by atoms with Crippen LogP contribution >= 0.6 is 0 Å². The van der Waals surface area contributed by atoms with Crippen molar-refractivity contribution < 1.29 is 9.59 Å². The third-order valence-electron chi connectivity index (χ3n) is 5.18. The molecule has 6 heteroatoms. The second kappa shape index (κ2) is 7.54. The molecule has 0 fully saturated rings. The van der Waals surface area contributed by atoms with Gasteiger partial charge in [-0.3, -0.25) is 14.5 Å². The van der Waals surface area contributed by atoms with Gasteiger partial charge < -0.3 is 5.32 Å². The van der Waals surface area contributed by atoms with Crippen molar-refractivity contribution in [2.45, 2.75) is 40.3 Å². The fraction of sp³-hybridized carbons (Fsp3) is 0.261. The van der Waals surface area contributed by atoms with Crippen molar-refractivity contribution in [1.82, 2.24) is 9.78 Å². The smallest absolute Gasteiger partial charge is 0.255 e. The van der Waals surface area contributed by atoms with Gasteiger partial charge in [-0.25, -0.2) is 4.68 Å². The van der Waals surface area contributed by atoms with Gasteiger partial charge in [-0.2, -0.15) is 5.10 Å². The number of anilines is 2. The number of carbonyl (C=O) groups excluding carboxylic acids is 2. The van der Waals surface area contributed by atoms with Gasteiger partial charge in [-0.15, -0.1) is 0 Å². The molecule has 4 rings (SSSR count). The van der Waals surface area contributed by atoms with Crippen LogP contribution in [0, 0.1) is 20.8 Å². The fourth-order valence-corrected chi connectivity index (χ4v) is 3.64. The van der Waals surface area contributed by atoms with Crippen LogP contribution in [0.4, 0.5) is 11.5 Å². The number of aromatic nitrogens is 2. The van der Waals surface area contributed by atoms with Gasteiger partial charge in [-0.05, 0) is 50.1 Å². The molecule has 0 atom stereocenters. The number of hydrogen-bond donors (Lipinski definition) is 1. The van der Waals surface area contributed by atoms with Gasteiger partial charge in [0, 0.05) is 23.7 Å². The number of fused-ring (bicyclic) bond motifs is 1. The highest BCUT2D eigenvalue weighted by Gasteiger charge is 2.25. The minimum absolute atomic E-state index is 0.0917. The number of rotatable bonds is 4. The summed E-state index contributed by atoms with van der Waals surface area (Å²) in [6.07, 6.45) is 0.449. The molecular weight excluding hydrogens is 364 g/mol. The van der Waals surface area contributed by atoms with Gasteiger partial charge in [0.25, 0.3) is 5.91 Å². The Balaban J connectivity index is 1.48. The van der Waals surface area contributed by atoms with E-state index in [0.29, 0.717) is 25.1 Å². The quantitative estimate of drug-likeness (QED) is 0.735. The van der Waals surface area contributed by atoms with Crippen LogP contribution in [0.25, 0.3) is 0 Å². The van der Waals surface area contributed by atoms with E-state index in [1.165, 1.54) is 0 Å². The van der Waals surface area contributed by atoms with Crippen LogP contribution in [0.15, 0.2) is 48.5 Å². The van der Waals surface area contributed by atoms with Crippen molar-refractivity contribution in [2.75, 3.05) is 10.2 Å². The maximum atomic E-state index is 12.6. The van der Waals surface area contributed by atoms with Crippen LogP contribution in [0.1, 0.15) is 39.2 Å². The molecule has 6 nitrogen and oxygen atoms in total. The minimum Gasteiger partial charge on any atom is -0.322 e. The zero-order chi connectivity index (χ0) is 20.5. The maximum Gasteiger partial charge on any atom is 0.255 e. The summed E-state index contributed by atoms with van der Waals surface area (Å²) in [5, 5.41) is 7.40. The Morgan fingerprint density at radius 3 is 2.55 bits per heavy atom. The Labute approximate surface area is 170 Å². The molecule has 148 valence electrons. The molecule has 1 aliphatic rings. The molecule has 3 aromatic rings. The number of hydrogen-bond acceptors (Lipinski definition) is 3. The number of nitrogens with zero attached hydrogens (tertiary/aromatic N) is 3. The highest BCUT2D eigenvalue weighted by Crippen LogP contribution is 2.25. The normalized spacial score (nSPS) is 13.3. The van der Waals surface area contributed by atoms with E-state index in [0.717, 1.165) is 33.9 Å². The number of nitrogens with one attached hydrogen (secondary N) is 1. The zero-order valence-corrected chi connectivity index (χ0v) is 16.9. The van der Waals surface area contributed by atoms with Crippen molar-refractivity contribution in [3.05, 3.63) is 76.5 Å². The minimum atomic E-state index is -0.147. The molecule has 1 N–H and O–H groups in total. The topological polar surface area (TPSA) is 67.2 Å². The lowest BCUT2D eigenvalue weighted by Gasteiger charge is -2.27. The SMILES string of the molecule is Cc1ccc(NC(=O)c2ccc(CN3C(=O)CCn4nc(C)cc43)cc2)c(C)c1. The van der Waals surface area contributed by atoms with Gasteiger partial charge in [-0.1, -0.05) is 29.8 Å². The van der Waals surface area contributed by atoms with Gasteiger partial charge in [0.15, 0.2) is 0 Å². The first-order valence-electron chi connectivity index (χ1n) is 9.73. The predicted molar refractivity (Wildman–Crippen MR) is 113 cm³/mol. The predicted octanol–water partition coefficient (Wildman–Crippen LogP) is 4.00. The van der Waals surface area contributed by atoms with Crippen molar-refractivity contribution >= 4 is 23.3 Å². The van der Waals surface area contributed by atoms with Crippen molar-refractivity contribution in [1.29, 1.82) is 0 Å². The Kier molecular flexibility index (Phi) is 4.92. The molecule has 2 amide bonds. The average molecular weight is 388 g/mol. The van der Waals surface area contributed by atoms with Gasteiger partial charge in [0.05, 0.1) is 18.8 Å². The average Bonchev–Trinajstić information content (AvgIpc) is 3.07. The lowest BCUT2D eigenvalue weighted by atomic mass is 10.1. The molecule has 0 radical (unpaired) electrons. The molecule has 2 heterocycles. The van der Waals surface area contributed by atoms with E-state index >= 15 is 0 Å². The molecule has 2 aromatic carbocycles. The summed E-state index contributed by atoms with van der Waals surface area (Å²) in [5.41, 5.74) is 5.46. The Morgan fingerprint density at radius 1 is 1.07 bits per heavy atom. The van der Waals surface area contributed by atoms with Crippen LogP contribution in [-0.4, -0.2) is 21.6 Å². The van der Waals surface area contributed by atoms with Crippen LogP contribution < -0.4 is 10.2 Å². The van der Waals surface area contributed by atoms with E-state index in [-0.39, 0.29) is 11.8 Å². The van der Waals surface area contributed by atoms with Crippen molar-refractivity contribution in [2.24, 2.45) is 0 Å². The Morgan fingerprint density at radius 2 is 1.83 bits per heavy atom. The summed E-state index contributed by atoms with van der Waals surface area (Å²) < 4.78 is 1.88. The molecule has 0 saturated heterocycles. The van der Waals surface area contributed by atoms with Crippen LogP contribution in [0.2, 0.25) is 0 Å². The molecule has 1 aromatic heterocycles. The van der Waals surface area contributed by atoms with Crippen molar-refractivity contribution in [3.8, 4) is 0 Å². The third kappa shape index (κ3) is 3.92. The lowest BCUT2D eigenvalue weighted by Crippen LogP contribution is -2.36. The van der Waals surface area contributed by atoms with E-state index in [4.69, 9.17) is 0 Å². The first-order valence-corrected chi connectivity index (χ1v) is 9.73. The van der Waals surface area contributed by atoms with E-state index in [9.17, 15) is 9.59 Å². The molecule has 0 saturated carbocycles. The van der Waals surface area contributed by atoms with E-state index in [1.807, 2.05) is 61.9 Å². The largest absolute Gasteiger partial charge is 0.322 e. The lowest BCUT2D eigenvalue weighted by molar-refractivity contribution is -0.119. The number of carbonyl (C=O) groups is 2. The van der Waals surface area contributed by atoms with Gasteiger partial charge >= 0.3 is 0 Å². The van der Waals surface area contributed by atoms with Gasteiger partial charge in [0.2, 0.25) is 5.91 Å². The van der Waals surface area contributed by atoms with E-state index < -0.39 is 0 Å². The van der Waals surface area contributed by atoms with Crippen molar-refractivity contribution in [3.63, 3.8) is 0 Å². The summed E-state index contributed by atoms with van der Waals surface area (Å²) in [5.74, 6) is 0.774. The summed E-state index contributed by atoms with van der Waals surface area (Å²) in [7, 11) is 0. The fourth-order valence-electron chi connectivity index (χ4n) is 3.64. The van der Waals surface area contributed by atoms with Gasteiger partial charge in [0.1, 0.15) is 5.82 Å². The maximum absolute atomic E-state index is 12.6. The number of benzene rings is 2. The monoisotopic (exact) mass is 388 g/mol. The third-order valence-corrected chi connectivity index (χ3v) is 5.18. The standard InChI is InChI=1S/C23H24N4O2/c1-15-4-9-20(16(2)12-15)24-23(29)19-7-5-18(6-8-19)14-26-21-13-17(3)25-27(21)11-10-22(26)28/h4-9,12-13H,10-11,14H2,1-3H3,(H,24,29). The first kappa shape index (κ1) is 18.9. The molecule has 1 aliphatic heterocycles. The second-order valence-corrected chi connectivity index (χ2v) is 7.57. The first-order chi connectivity index (χ1) is 13.9. The summed E-state index contributed by atoms with van der Waals surface area (Å²) in [4.78, 5) is 26.8. The molecule has 0 aliphatic carbocycles. The Bertz CT molecular complexity index is 1080. The van der Waals surface area contributed by atoms with Crippen LogP contribution in [0.5, 0.6) is 0 Å². The molecular formula is C23H24N4O2. The Hall–Kier alpha value is -3.41. The summed E-state index contributed by atoms with van der Waals surface area (Å²) >= 11 is 0. The van der Waals surface area contributed by atoms with E-state index in [1.54, 1.807) is 17.0 Å².